The summed E-state index contributed by atoms with van der Waals surface area (Å²) in [6, 6.07) is -2.86. The molecule has 7 fully saturated rings. The maximum atomic E-state index is 15.8. The van der Waals surface area contributed by atoms with Crippen LogP contribution in [-0.4, -0.2) is 121 Å². The standard InChI is InChI=1S/C49H81N7O7S/c1-11-35-30-49(35,34(6)53-64(61,62)54(12-2)13-3)52-41(58)37-31-48(44(7,8)47(48)23-19-24-47)32-56(37)43(60)39(46(10)25-28-63-29-26-46)51-42(59)38(45(9)21-16-14-17-22-45)50-40(57)36-20-15-18-27-55(36)33(4)5/h11,33,35-39,53H,1,6,12-32H2,2-5,7-10H3,(H,50,57)(H,51,59)(H,52,58)/t35-,36+,37+,38?,39-,48?,49+/m1/s1. The number of nitrogens with zero attached hydrogens (tertiary/aromatic N) is 3. The lowest BCUT2D eigenvalue weighted by Crippen LogP contribution is -2.65. The zero-order chi connectivity index (χ0) is 46.7. The molecular weight excluding hydrogens is 831 g/mol. The van der Waals surface area contributed by atoms with Gasteiger partial charge in [-0.05, 0) is 101 Å². The molecule has 0 aromatic rings. The third-order valence-corrected chi connectivity index (χ3v) is 20.2. The van der Waals surface area contributed by atoms with E-state index in [4.69, 9.17) is 4.74 Å². The number of fused-ring (bicyclic) bond motifs is 1. The highest BCUT2D eigenvalue weighted by Crippen LogP contribution is 2.88. The molecule has 4 N–H and O–H groups in total. The van der Waals surface area contributed by atoms with Gasteiger partial charge >= 0.3 is 10.2 Å². The summed E-state index contributed by atoms with van der Waals surface area (Å²) in [7, 11) is -3.94. The summed E-state index contributed by atoms with van der Waals surface area (Å²) in [6.07, 6.45) is 14.1. The second-order valence-corrected chi connectivity index (χ2v) is 23.9. The zero-order valence-corrected chi connectivity index (χ0v) is 41.2. The van der Waals surface area contributed by atoms with Crippen LogP contribution in [0.25, 0.3) is 0 Å². The Kier molecular flexibility index (Phi) is 13.7. The SMILES string of the molecule is C=C[C@@H]1C[C@]1(NC(=O)[C@@H]1CC2(CN1C(=O)[C@@H](NC(=O)C(NC(=O)[C@@H]1CCCCN1C(C)C)C1(C)CCCCC1)C1(C)CCOCC1)C(C)(C)C21CCC1)C(=C)NS(=O)(=O)N(CC)CC. The maximum Gasteiger partial charge on any atom is 0.301 e. The predicted molar refractivity (Wildman–Crippen MR) is 249 cm³/mol. The molecule has 0 radical (unpaired) electrons. The summed E-state index contributed by atoms with van der Waals surface area (Å²) in [6.45, 7) is 27.3. The molecule has 3 aliphatic heterocycles. The van der Waals surface area contributed by atoms with E-state index in [0.29, 0.717) is 45.4 Å². The topological polar surface area (TPSA) is 169 Å². The van der Waals surface area contributed by atoms with Gasteiger partial charge in [-0.2, -0.15) is 12.7 Å². The Morgan fingerprint density at radius 1 is 0.797 bits per heavy atom. The van der Waals surface area contributed by atoms with Crippen LogP contribution >= 0.6 is 0 Å². The van der Waals surface area contributed by atoms with Crippen molar-refractivity contribution in [2.75, 3.05) is 39.4 Å². The summed E-state index contributed by atoms with van der Waals surface area (Å²) in [5, 5.41) is 9.88. The van der Waals surface area contributed by atoms with E-state index in [1.54, 1.807) is 24.8 Å². The summed E-state index contributed by atoms with van der Waals surface area (Å²) >= 11 is 0. The normalized spacial score (nSPS) is 32.3. The molecule has 0 bridgehead atoms. The van der Waals surface area contributed by atoms with E-state index in [9.17, 15) is 13.2 Å². The van der Waals surface area contributed by atoms with Gasteiger partial charge in [0.1, 0.15) is 18.1 Å². The van der Waals surface area contributed by atoms with Crippen LogP contribution in [0.3, 0.4) is 0 Å². The largest absolute Gasteiger partial charge is 0.381 e. The van der Waals surface area contributed by atoms with Crippen LogP contribution in [0.15, 0.2) is 24.9 Å². The molecule has 0 aromatic heterocycles. The van der Waals surface area contributed by atoms with Gasteiger partial charge in [0.25, 0.3) is 0 Å². The number of amides is 4. The van der Waals surface area contributed by atoms with Crippen molar-refractivity contribution in [3.63, 3.8) is 0 Å². The van der Waals surface area contributed by atoms with Crippen LogP contribution in [-0.2, 0) is 34.1 Å². The first-order chi connectivity index (χ1) is 30.1. The number of ether oxygens (including phenoxy) is 1. The van der Waals surface area contributed by atoms with Crippen LogP contribution in [0.4, 0.5) is 0 Å². The number of carbonyl (C=O) groups is 4. The summed E-state index contributed by atoms with van der Waals surface area (Å²) in [5.41, 5.74) is -2.56. The van der Waals surface area contributed by atoms with E-state index in [1.807, 2.05) is 6.92 Å². The molecule has 2 spiro atoms. The van der Waals surface area contributed by atoms with Gasteiger partial charge in [-0.3, -0.25) is 28.8 Å². The van der Waals surface area contributed by atoms with Crippen LogP contribution < -0.4 is 20.7 Å². The van der Waals surface area contributed by atoms with Crippen molar-refractivity contribution in [1.29, 1.82) is 0 Å². The molecule has 15 heteroatoms. The number of hydrogen-bond donors (Lipinski definition) is 4. The second kappa shape index (κ2) is 17.9. The van der Waals surface area contributed by atoms with E-state index in [1.165, 1.54) is 4.31 Å². The number of nitrogens with one attached hydrogen (secondary N) is 4. The lowest BCUT2D eigenvalue weighted by atomic mass is 9.69. The van der Waals surface area contributed by atoms with Gasteiger partial charge in [0.2, 0.25) is 23.6 Å². The fourth-order valence-corrected chi connectivity index (χ4v) is 15.0. The Balaban J connectivity index is 1.22. The molecule has 4 saturated carbocycles. The number of piperidine rings is 1. The fourth-order valence-electron chi connectivity index (χ4n) is 13.7. The molecule has 14 nitrogen and oxygen atoms in total. The molecule has 64 heavy (non-hydrogen) atoms. The number of carbonyl (C=O) groups excluding carboxylic acids is 4. The van der Waals surface area contributed by atoms with Crippen molar-refractivity contribution in [3.8, 4) is 0 Å². The molecule has 2 unspecified atom stereocenters. The Labute approximate surface area is 384 Å². The monoisotopic (exact) mass is 912 g/mol. The number of likely N-dealkylation sites (tertiary alicyclic amines) is 2. The van der Waals surface area contributed by atoms with E-state index in [-0.39, 0.29) is 76.7 Å². The van der Waals surface area contributed by atoms with Gasteiger partial charge in [-0.15, -0.1) is 6.58 Å². The molecule has 3 saturated heterocycles. The predicted octanol–water partition coefficient (Wildman–Crippen LogP) is 5.55. The third-order valence-electron chi connectivity index (χ3n) is 18.5. The quantitative estimate of drug-likeness (QED) is 0.138. The Hall–Kier alpha value is -3.01. The Bertz CT molecular complexity index is 1930. The highest BCUT2D eigenvalue weighted by Gasteiger charge is 2.85. The van der Waals surface area contributed by atoms with Gasteiger partial charge in [-0.1, -0.05) is 86.3 Å². The minimum atomic E-state index is -3.94. The van der Waals surface area contributed by atoms with Crippen molar-refractivity contribution in [2.45, 2.75) is 187 Å². The zero-order valence-electron chi connectivity index (χ0n) is 40.4. The molecule has 3 heterocycles. The molecule has 4 amide bonds. The maximum absolute atomic E-state index is 15.8. The van der Waals surface area contributed by atoms with E-state index >= 15 is 14.4 Å². The number of hydrogen-bond acceptors (Lipinski definition) is 8. The van der Waals surface area contributed by atoms with Crippen LogP contribution in [0.1, 0.15) is 152 Å². The highest BCUT2D eigenvalue weighted by atomic mass is 32.2. The van der Waals surface area contributed by atoms with Crippen LogP contribution in [0.5, 0.6) is 0 Å². The first-order valence-corrected chi connectivity index (χ1v) is 26.2. The second-order valence-electron chi connectivity index (χ2n) is 22.2. The lowest BCUT2D eigenvalue weighted by molar-refractivity contribution is -0.148. The van der Waals surface area contributed by atoms with Gasteiger partial charge in [0, 0.05) is 61.3 Å². The minimum absolute atomic E-state index is 0.00669. The van der Waals surface area contributed by atoms with Crippen molar-refractivity contribution in [2.24, 2.45) is 33.0 Å². The molecular formula is C49H81N7O7S. The minimum Gasteiger partial charge on any atom is -0.381 e. The number of rotatable bonds is 17. The Morgan fingerprint density at radius 3 is 1.98 bits per heavy atom. The Morgan fingerprint density at radius 2 is 1.44 bits per heavy atom. The molecule has 7 rings (SSSR count). The highest BCUT2D eigenvalue weighted by molar-refractivity contribution is 7.87. The van der Waals surface area contributed by atoms with Crippen LogP contribution in [0, 0.1) is 33.0 Å². The summed E-state index contributed by atoms with van der Waals surface area (Å²) < 4.78 is 36.7. The van der Waals surface area contributed by atoms with Gasteiger partial charge in [0.05, 0.1) is 11.6 Å². The first-order valence-electron chi connectivity index (χ1n) is 24.8. The third kappa shape index (κ3) is 8.15. The first kappa shape index (κ1) is 48.9. The molecule has 7 atom stereocenters. The molecule has 0 aromatic carbocycles. The lowest BCUT2D eigenvalue weighted by Gasteiger charge is -2.45. The van der Waals surface area contributed by atoms with E-state index < -0.39 is 44.7 Å². The molecule has 7 aliphatic rings. The van der Waals surface area contributed by atoms with Crippen molar-refractivity contribution in [1.82, 2.24) is 34.8 Å². The average Bonchev–Trinajstić information content (AvgIpc) is 3.97. The summed E-state index contributed by atoms with van der Waals surface area (Å²) in [4.78, 5) is 64.6. The smallest absolute Gasteiger partial charge is 0.301 e. The van der Waals surface area contributed by atoms with Crippen molar-refractivity contribution >= 4 is 33.8 Å². The molecule has 4 aliphatic carbocycles. The molecule has 360 valence electrons. The summed E-state index contributed by atoms with van der Waals surface area (Å²) in [5.74, 6) is -1.40. The van der Waals surface area contributed by atoms with Gasteiger partial charge in [0.15, 0.2) is 0 Å². The van der Waals surface area contributed by atoms with Crippen molar-refractivity contribution < 1.29 is 32.3 Å². The van der Waals surface area contributed by atoms with Crippen molar-refractivity contribution in [3.05, 3.63) is 24.9 Å². The average molecular weight is 912 g/mol. The van der Waals surface area contributed by atoms with Gasteiger partial charge in [-0.25, -0.2) is 0 Å². The fraction of sp³-hybridized carbons (Fsp3) is 0.837. The van der Waals surface area contributed by atoms with E-state index in [0.717, 1.165) is 77.2 Å². The van der Waals surface area contributed by atoms with Gasteiger partial charge < -0.3 is 25.6 Å². The van der Waals surface area contributed by atoms with Crippen LogP contribution in [0.2, 0.25) is 0 Å². The van der Waals surface area contributed by atoms with E-state index in [2.05, 4.69) is 73.3 Å².